The van der Waals surface area contributed by atoms with Crippen molar-refractivity contribution in [2.24, 2.45) is 23.2 Å². The molecule has 1 aliphatic heterocycles. The standard InChI is InChI=1S/C30H36N4O4/c1-38-12-11-25-24-9-5-6-10-26(24)33(19-30-16-20-13-21(17-30)15-22(14-20)18-30)34(37)28(27(25)35)32-29(36)31-23-7-3-2-4-8-23/h2-10,20-22,25,28H,11-19H2,1H3,(H-,31,32,36)/p+1. The predicted octanol–water partition coefficient (Wildman–Crippen LogP) is 5.25. The zero-order valence-corrected chi connectivity index (χ0v) is 22.0. The molecule has 4 aliphatic carbocycles. The molecule has 2 atom stereocenters. The molecule has 1 heterocycles. The number of carbonyl (C=O) groups excluding carboxylic acids is 2. The molecule has 4 fully saturated rings. The van der Waals surface area contributed by atoms with Gasteiger partial charge in [-0.25, -0.2) is 4.79 Å². The molecule has 0 spiro atoms. The molecule has 7 rings (SSSR count). The topological polar surface area (TPSA) is 90.7 Å². The van der Waals surface area contributed by atoms with Gasteiger partial charge >= 0.3 is 12.2 Å². The summed E-state index contributed by atoms with van der Waals surface area (Å²) in [5.74, 6) is 1.34. The Balaban J connectivity index is 1.34. The highest BCUT2D eigenvalue weighted by Gasteiger charge is 2.55. The van der Waals surface area contributed by atoms with Crippen molar-refractivity contribution in [2.75, 3.05) is 30.6 Å². The first-order valence-corrected chi connectivity index (χ1v) is 13.9. The van der Waals surface area contributed by atoms with Crippen molar-refractivity contribution in [1.82, 2.24) is 5.32 Å². The van der Waals surface area contributed by atoms with Crippen LogP contribution in [0.3, 0.4) is 0 Å². The van der Waals surface area contributed by atoms with Crippen molar-refractivity contribution < 1.29 is 19.2 Å². The van der Waals surface area contributed by atoms with Crippen LogP contribution in [-0.2, 0) is 9.53 Å². The number of Topliss-reactive ketones (excluding diaryl/α,β-unsaturated/α-hetero) is 1. The van der Waals surface area contributed by atoms with Crippen molar-refractivity contribution in [1.29, 1.82) is 0 Å². The van der Waals surface area contributed by atoms with E-state index in [1.165, 1.54) is 19.3 Å². The third-order valence-electron chi connectivity index (χ3n) is 9.22. The molecule has 8 nitrogen and oxygen atoms in total. The van der Waals surface area contributed by atoms with Crippen molar-refractivity contribution in [3.05, 3.63) is 65.1 Å². The molecule has 2 aromatic carbocycles. The summed E-state index contributed by atoms with van der Waals surface area (Å²) in [4.78, 5) is 41.9. The summed E-state index contributed by atoms with van der Waals surface area (Å²) < 4.78 is 5.33. The smallest absolute Gasteiger partial charge is 0.369 e. The second-order valence-electron chi connectivity index (χ2n) is 11.9. The molecule has 200 valence electrons. The van der Waals surface area contributed by atoms with Gasteiger partial charge in [0.2, 0.25) is 5.78 Å². The number of methoxy groups -OCH3 is 1. The highest BCUT2D eigenvalue weighted by Crippen LogP contribution is 2.60. The van der Waals surface area contributed by atoms with Gasteiger partial charge < -0.3 is 10.1 Å². The second-order valence-corrected chi connectivity index (χ2v) is 11.9. The fourth-order valence-corrected chi connectivity index (χ4v) is 8.14. The van der Waals surface area contributed by atoms with E-state index in [4.69, 9.17) is 4.74 Å². The Morgan fingerprint density at radius 2 is 1.63 bits per heavy atom. The van der Waals surface area contributed by atoms with Gasteiger partial charge in [-0.1, -0.05) is 36.4 Å². The van der Waals surface area contributed by atoms with E-state index in [2.05, 4.69) is 10.6 Å². The molecule has 38 heavy (non-hydrogen) atoms. The Kier molecular flexibility index (Phi) is 6.68. The van der Waals surface area contributed by atoms with E-state index in [0.717, 1.165) is 53.1 Å². The molecule has 8 heteroatoms. The predicted molar refractivity (Wildman–Crippen MR) is 145 cm³/mol. The molecule has 2 amide bonds. The van der Waals surface area contributed by atoms with Gasteiger partial charge in [0.25, 0.3) is 0 Å². The molecule has 0 aromatic heterocycles. The first kappa shape index (κ1) is 25.0. The number of ketones is 1. The number of urea groups is 1. The summed E-state index contributed by atoms with van der Waals surface area (Å²) in [7, 11) is 1.61. The van der Waals surface area contributed by atoms with E-state index < -0.39 is 18.1 Å². The zero-order valence-electron chi connectivity index (χ0n) is 22.0. The molecule has 0 radical (unpaired) electrons. The highest BCUT2D eigenvalue weighted by atomic mass is 16.5. The van der Waals surface area contributed by atoms with Crippen LogP contribution in [0.2, 0.25) is 0 Å². The number of nitrogens with one attached hydrogen (secondary N) is 2. The molecular weight excluding hydrogens is 480 g/mol. The number of nitrogens with zero attached hydrogens (tertiary/aromatic N) is 2. The van der Waals surface area contributed by atoms with E-state index >= 15 is 0 Å². The molecular formula is C30H37N4O4+. The number of hydrazine groups is 1. The number of rotatable bonds is 7. The third kappa shape index (κ3) is 4.70. The fraction of sp³-hybridized carbons (Fsp3) is 0.533. The van der Waals surface area contributed by atoms with Crippen molar-refractivity contribution in [3.63, 3.8) is 0 Å². The molecule has 4 saturated carbocycles. The third-order valence-corrected chi connectivity index (χ3v) is 9.22. The minimum Gasteiger partial charge on any atom is -0.385 e. The summed E-state index contributed by atoms with van der Waals surface area (Å²) in [5.41, 5.74) is 2.25. The van der Waals surface area contributed by atoms with Gasteiger partial charge in [-0.3, -0.25) is 10.1 Å². The number of nitroso groups, excluding NO2 is 1. The quantitative estimate of drug-likeness (QED) is 0.490. The lowest BCUT2D eigenvalue weighted by atomic mass is 9.49. The summed E-state index contributed by atoms with van der Waals surface area (Å²) >= 11 is 0. The van der Waals surface area contributed by atoms with Crippen LogP contribution in [-0.4, -0.2) is 43.1 Å². The lowest BCUT2D eigenvalue weighted by molar-refractivity contribution is -0.589. The average Bonchev–Trinajstić information content (AvgIpc) is 2.97. The van der Waals surface area contributed by atoms with Crippen LogP contribution < -0.4 is 15.6 Å². The van der Waals surface area contributed by atoms with Crippen molar-refractivity contribution in [2.45, 2.75) is 57.0 Å². The number of para-hydroxylation sites is 2. The maximum Gasteiger partial charge on any atom is 0.369 e. The van der Waals surface area contributed by atoms with Crippen LogP contribution in [0.15, 0.2) is 54.6 Å². The maximum atomic E-state index is 14.2. The largest absolute Gasteiger partial charge is 0.385 e. The fourth-order valence-electron chi connectivity index (χ4n) is 8.14. The number of fused-ring (bicyclic) bond motifs is 1. The van der Waals surface area contributed by atoms with Gasteiger partial charge in [0.1, 0.15) is 5.69 Å². The highest BCUT2D eigenvalue weighted by molar-refractivity contribution is 5.97. The van der Waals surface area contributed by atoms with Crippen molar-refractivity contribution >= 4 is 23.2 Å². The van der Waals surface area contributed by atoms with Crippen molar-refractivity contribution in [3.8, 4) is 0 Å². The maximum absolute atomic E-state index is 14.2. The van der Waals surface area contributed by atoms with Gasteiger partial charge in [-0.2, -0.15) is 0 Å². The molecule has 5 aliphatic rings. The average molecular weight is 518 g/mol. The van der Waals surface area contributed by atoms with Gasteiger partial charge in [-0.15, -0.1) is 5.01 Å². The normalized spacial score (nSPS) is 31.6. The van der Waals surface area contributed by atoms with Crippen LogP contribution in [0.1, 0.15) is 56.4 Å². The lowest BCUT2D eigenvalue weighted by Crippen LogP contribution is -2.58. The van der Waals surface area contributed by atoms with Crippen LogP contribution in [0, 0.1) is 28.1 Å². The molecule has 2 unspecified atom stereocenters. The van der Waals surface area contributed by atoms with E-state index in [0.29, 0.717) is 25.3 Å². The Labute approximate surface area is 223 Å². The summed E-state index contributed by atoms with van der Waals surface area (Å²) in [5, 5.41) is 7.24. The molecule has 2 aromatic rings. The van der Waals surface area contributed by atoms with Gasteiger partial charge in [0.05, 0.1) is 17.4 Å². The first-order chi connectivity index (χ1) is 18.4. The van der Waals surface area contributed by atoms with Gasteiger partial charge in [-0.05, 0) is 91.9 Å². The Bertz CT molecular complexity index is 1180. The Morgan fingerprint density at radius 3 is 2.29 bits per heavy atom. The van der Waals surface area contributed by atoms with Gasteiger partial charge in [0, 0.05) is 19.4 Å². The number of amides is 2. The molecule has 2 N–H and O–H groups in total. The van der Waals surface area contributed by atoms with E-state index in [-0.39, 0.29) is 11.2 Å². The van der Waals surface area contributed by atoms with E-state index in [1.54, 1.807) is 24.3 Å². The zero-order chi connectivity index (χ0) is 26.3. The summed E-state index contributed by atoms with van der Waals surface area (Å²) in [6.07, 6.45) is 6.46. The number of benzene rings is 2. The van der Waals surface area contributed by atoms with Crippen LogP contribution in [0.25, 0.3) is 0 Å². The minimum absolute atomic E-state index is 0.0663. The second kappa shape index (κ2) is 10.1. The number of anilines is 2. The number of hydrogen-bond donors (Lipinski definition) is 2. The van der Waals surface area contributed by atoms with E-state index in [1.807, 2.05) is 42.5 Å². The lowest BCUT2D eigenvalue weighted by Gasteiger charge is -2.57. The first-order valence-electron chi connectivity index (χ1n) is 13.9. The number of hydrogen-bond acceptors (Lipinski definition) is 4. The van der Waals surface area contributed by atoms with Crippen LogP contribution in [0.5, 0.6) is 0 Å². The van der Waals surface area contributed by atoms with E-state index in [9.17, 15) is 14.5 Å². The molecule has 4 bridgehead atoms. The number of carbonyl (C=O) groups is 2. The monoisotopic (exact) mass is 517 g/mol. The Hall–Kier alpha value is -3.26. The molecule has 0 saturated heterocycles. The minimum atomic E-state index is -1.35. The van der Waals surface area contributed by atoms with Crippen LogP contribution >= 0.6 is 0 Å². The summed E-state index contributed by atoms with van der Waals surface area (Å²) in [6.45, 7) is 0.946. The summed E-state index contributed by atoms with van der Waals surface area (Å²) in [6, 6.07) is 16.2. The Morgan fingerprint density at radius 1 is 1.00 bits per heavy atom. The van der Waals surface area contributed by atoms with Gasteiger partial charge in [0.15, 0.2) is 4.87 Å². The number of ether oxygens (including phenoxy) is 1. The van der Waals surface area contributed by atoms with Crippen LogP contribution in [0.4, 0.5) is 16.2 Å². The SMILES string of the molecule is COCCC1C(=O)C(NC(=O)Nc2ccccc2)[N+](=O)N(CC23CC4CC(CC(C4)C2)C3)c2ccccc21.